The van der Waals surface area contributed by atoms with Gasteiger partial charge < -0.3 is 19.5 Å². The topological polar surface area (TPSA) is 59.0 Å². The van der Waals surface area contributed by atoms with E-state index in [-0.39, 0.29) is 6.10 Å². The van der Waals surface area contributed by atoms with Gasteiger partial charge in [0.25, 0.3) is 0 Å². The first-order valence-electron chi connectivity index (χ1n) is 8.07. The predicted octanol–water partition coefficient (Wildman–Crippen LogP) is 2.82. The minimum absolute atomic E-state index is 0.144. The van der Waals surface area contributed by atoms with Crippen molar-refractivity contribution in [1.82, 2.24) is 4.90 Å². The number of carboxylic acid groups (broad SMARTS) is 1. The summed E-state index contributed by atoms with van der Waals surface area (Å²) in [5.41, 5.74) is 0.133. The Kier molecular flexibility index (Phi) is 5.52. The van der Waals surface area contributed by atoms with Crippen LogP contribution in [-0.2, 0) is 11.2 Å². The van der Waals surface area contributed by atoms with E-state index in [1.165, 1.54) is 0 Å². The molecule has 5 nitrogen and oxygen atoms in total. The summed E-state index contributed by atoms with van der Waals surface area (Å²) in [6.45, 7) is 5.46. The second-order valence-corrected chi connectivity index (χ2v) is 7.00. The summed E-state index contributed by atoms with van der Waals surface area (Å²) in [5.74, 6) is 0.589. The Morgan fingerprint density at radius 3 is 2.74 bits per heavy atom. The van der Waals surface area contributed by atoms with Crippen LogP contribution in [0.5, 0.6) is 11.5 Å². The summed E-state index contributed by atoms with van der Waals surface area (Å²) in [7, 11) is 3.72. The maximum Gasteiger partial charge on any atom is 0.309 e. The molecule has 5 heteroatoms. The maximum absolute atomic E-state index is 11.3. The van der Waals surface area contributed by atoms with Crippen LogP contribution in [0.2, 0.25) is 0 Å². The zero-order chi connectivity index (χ0) is 17.0. The molecular weight excluding hydrogens is 294 g/mol. The number of methoxy groups -OCH3 is 1. The van der Waals surface area contributed by atoms with Gasteiger partial charge in [0.2, 0.25) is 0 Å². The number of hydrogen-bond donors (Lipinski definition) is 1. The molecule has 1 heterocycles. The van der Waals surface area contributed by atoms with Crippen molar-refractivity contribution in [3.63, 3.8) is 0 Å². The lowest BCUT2D eigenvalue weighted by Crippen LogP contribution is -2.38. The molecule has 0 aliphatic carbocycles. The molecule has 128 valence electrons. The Hall–Kier alpha value is -1.75. The van der Waals surface area contributed by atoms with E-state index in [0.29, 0.717) is 17.9 Å². The molecular formula is C18H27NO4. The average Bonchev–Trinajstić information content (AvgIpc) is 2.47. The van der Waals surface area contributed by atoms with Gasteiger partial charge in [-0.1, -0.05) is 6.07 Å². The molecule has 1 unspecified atom stereocenters. The largest absolute Gasteiger partial charge is 0.493 e. The second kappa shape index (κ2) is 7.21. The number of carbonyl (C=O) groups is 1. The lowest BCUT2D eigenvalue weighted by atomic mass is 9.86. The molecule has 0 amide bonds. The average molecular weight is 321 g/mol. The Labute approximate surface area is 138 Å². The smallest absolute Gasteiger partial charge is 0.309 e. The zero-order valence-electron chi connectivity index (χ0n) is 14.5. The summed E-state index contributed by atoms with van der Waals surface area (Å²) in [6, 6.07) is 5.68. The van der Waals surface area contributed by atoms with Crippen molar-refractivity contribution in [1.29, 1.82) is 0 Å². The van der Waals surface area contributed by atoms with E-state index in [2.05, 4.69) is 11.9 Å². The van der Waals surface area contributed by atoms with Crippen molar-refractivity contribution < 1.29 is 19.4 Å². The highest BCUT2D eigenvalue weighted by Crippen LogP contribution is 2.33. The number of rotatable bonds is 6. The van der Waals surface area contributed by atoms with Crippen LogP contribution < -0.4 is 9.47 Å². The van der Waals surface area contributed by atoms with Gasteiger partial charge in [0.1, 0.15) is 6.10 Å². The van der Waals surface area contributed by atoms with Crippen molar-refractivity contribution in [3.8, 4) is 11.5 Å². The molecule has 1 fully saturated rings. The number of benzene rings is 1. The van der Waals surface area contributed by atoms with Crippen LogP contribution in [0.4, 0.5) is 0 Å². The summed E-state index contributed by atoms with van der Waals surface area (Å²) in [6.07, 6.45) is 2.74. The van der Waals surface area contributed by atoms with Crippen LogP contribution >= 0.6 is 0 Å². The van der Waals surface area contributed by atoms with Crippen LogP contribution in [0.15, 0.2) is 18.2 Å². The van der Waals surface area contributed by atoms with Crippen LogP contribution in [0, 0.1) is 5.41 Å². The van der Waals surface area contributed by atoms with Crippen LogP contribution in [-0.4, -0.2) is 49.3 Å². The fourth-order valence-electron chi connectivity index (χ4n) is 2.90. The van der Waals surface area contributed by atoms with Crippen LogP contribution in [0.25, 0.3) is 0 Å². The standard InChI is InChI=1S/C18H27NO4/c1-18(2,17(20)21)11-13-7-8-15(22-4)16(10-13)23-14-6-5-9-19(3)12-14/h7-8,10,14H,5-6,9,11-12H2,1-4H3,(H,20,21). The van der Waals surface area contributed by atoms with E-state index in [0.717, 1.165) is 31.5 Å². The lowest BCUT2D eigenvalue weighted by Gasteiger charge is -2.30. The van der Waals surface area contributed by atoms with Crippen molar-refractivity contribution in [2.45, 2.75) is 39.2 Å². The molecule has 1 atom stereocenters. The maximum atomic E-state index is 11.3. The molecule has 0 bridgehead atoms. The first-order valence-corrected chi connectivity index (χ1v) is 8.07. The third-order valence-electron chi connectivity index (χ3n) is 4.33. The van der Waals surface area contributed by atoms with Gasteiger partial charge in [-0.15, -0.1) is 0 Å². The van der Waals surface area contributed by atoms with Gasteiger partial charge in [-0.2, -0.15) is 0 Å². The highest BCUT2D eigenvalue weighted by molar-refractivity contribution is 5.74. The first kappa shape index (κ1) is 17.6. The number of hydrogen-bond acceptors (Lipinski definition) is 4. The highest BCUT2D eigenvalue weighted by Gasteiger charge is 2.28. The number of piperidine rings is 1. The molecule has 23 heavy (non-hydrogen) atoms. The first-order chi connectivity index (χ1) is 10.8. The van der Waals surface area contributed by atoms with Gasteiger partial charge in [0, 0.05) is 6.54 Å². The molecule has 1 N–H and O–H groups in total. The van der Waals surface area contributed by atoms with Gasteiger partial charge in [0.15, 0.2) is 11.5 Å². The third-order valence-corrected chi connectivity index (χ3v) is 4.33. The molecule has 1 saturated heterocycles. The van der Waals surface area contributed by atoms with E-state index in [4.69, 9.17) is 9.47 Å². The molecule has 0 saturated carbocycles. The zero-order valence-corrected chi connectivity index (χ0v) is 14.5. The third kappa shape index (κ3) is 4.61. The second-order valence-electron chi connectivity index (χ2n) is 7.00. The molecule has 0 radical (unpaired) electrons. The fraction of sp³-hybridized carbons (Fsp3) is 0.611. The van der Waals surface area contributed by atoms with E-state index in [1.807, 2.05) is 18.2 Å². The molecule has 0 spiro atoms. The fourth-order valence-corrected chi connectivity index (χ4v) is 2.90. The molecule has 1 aromatic carbocycles. The number of carboxylic acids is 1. The summed E-state index contributed by atoms with van der Waals surface area (Å²) in [4.78, 5) is 13.6. The Morgan fingerprint density at radius 1 is 1.39 bits per heavy atom. The number of ether oxygens (including phenoxy) is 2. The Balaban J connectivity index is 2.17. The quantitative estimate of drug-likeness (QED) is 0.873. The molecule has 1 aliphatic rings. The van der Waals surface area contributed by atoms with Crippen molar-refractivity contribution in [2.75, 3.05) is 27.2 Å². The minimum atomic E-state index is -0.809. The van der Waals surface area contributed by atoms with Crippen LogP contribution in [0.1, 0.15) is 32.3 Å². The van der Waals surface area contributed by atoms with Crippen LogP contribution in [0.3, 0.4) is 0 Å². The van der Waals surface area contributed by atoms with Crippen molar-refractivity contribution in [3.05, 3.63) is 23.8 Å². The van der Waals surface area contributed by atoms with E-state index >= 15 is 0 Å². The monoisotopic (exact) mass is 321 g/mol. The van der Waals surface area contributed by atoms with Gasteiger partial charge in [-0.25, -0.2) is 0 Å². The predicted molar refractivity (Wildman–Crippen MR) is 89.3 cm³/mol. The van der Waals surface area contributed by atoms with Gasteiger partial charge >= 0.3 is 5.97 Å². The van der Waals surface area contributed by atoms with Gasteiger partial charge in [-0.3, -0.25) is 4.79 Å². The highest BCUT2D eigenvalue weighted by atomic mass is 16.5. The SMILES string of the molecule is COc1ccc(CC(C)(C)C(=O)O)cc1OC1CCCN(C)C1. The van der Waals surface area contributed by atoms with Gasteiger partial charge in [-0.05, 0) is 64.4 Å². The van der Waals surface area contributed by atoms with Gasteiger partial charge in [0.05, 0.1) is 12.5 Å². The number of aliphatic carboxylic acids is 1. The van der Waals surface area contributed by atoms with E-state index in [1.54, 1.807) is 21.0 Å². The lowest BCUT2D eigenvalue weighted by molar-refractivity contribution is -0.146. The molecule has 1 aromatic rings. The number of nitrogens with zero attached hydrogens (tertiary/aromatic N) is 1. The Bertz CT molecular complexity index is 556. The van der Waals surface area contributed by atoms with E-state index in [9.17, 15) is 9.90 Å². The number of likely N-dealkylation sites (tertiary alicyclic amines) is 1. The Morgan fingerprint density at radius 2 is 2.13 bits per heavy atom. The van der Waals surface area contributed by atoms with Crippen molar-refractivity contribution in [2.24, 2.45) is 5.41 Å². The summed E-state index contributed by atoms with van der Waals surface area (Å²) >= 11 is 0. The van der Waals surface area contributed by atoms with Crippen molar-refractivity contribution >= 4 is 5.97 Å². The molecule has 2 rings (SSSR count). The van der Waals surface area contributed by atoms with E-state index < -0.39 is 11.4 Å². The summed E-state index contributed by atoms with van der Waals surface area (Å²) in [5, 5.41) is 9.30. The number of likely N-dealkylation sites (N-methyl/N-ethyl adjacent to an activating group) is 1. The minimum Gasteiger partial charge on any atom is -0.493 e. The normalized spacial score (nSPS) is 19.4. The summed E-state index contributed by atoms with van der Waals surface area (Å²) < 4.78 is 11.5. The molecule has 1 aliphatic heterocycles. The molecule has 0 aromatic heterocycles.